The molecule has 4 rings (SSSR count). The molecule has 0 fully saturated rings. The largest absolute Gasteiger partial charge is 0.469 e. The number of hydrogen-bond donors (Lipinski definition) is 4. The molecule has 0 saturated carbocycles. The normalized spacial score (nSPS) is 18.1. The third kappa shape index (κ3) is 7.64. The highest BCUT2D eigenvalue weighted by atomic mass is 16.5. The highest BCUT2D eigenvalue weighted by molar-refractivity contribution is 6.08. The highest BCUT2D eigenvalue weighted by Crippen LogP contribution is 2.46. The maximum Gasteiger partial charge on any atom is 0.305 e. The third-order valence-electron chi connectivity index (χ3n) is 8.06. The molecule has 2 aromatic carbocycles. The second-order valence-corrected chi connectivity index (χ2v) is 11.2. The van der Waals surface area contributed by atoms with Gasteiger partial charge in [-0.3, -0.25) is 19.1 Å². The molecule has 1 aliphatic rings. The number of amides is 2. The number of carbonyl (C=O) groups excluding carboxylic acids is 3. The van der Waals surface area contributed by atoms with Gasteiger partial charge in [-0.05, 0) is 49.9 Å². The third-order valence-corrected chi connectivity index (χ3v) is 8.06. The zero-order chi connectivity index (χ0) is 32.6. The van der Waals surface area contributed by atoms with Crippen molar-refractivity contribution >= 4 is 29.2 Å². The first-order valence-corrected chi connectivity index (χ1v) is 15.1. The van der Waals surface area contributed by atoms with Gasteiger partial charge < -0.3 is 30.3 Å². The summed E-state index contributed by atoms with van der Waals surface area (Å²) in [6.45, 7) is 3.78. The smallest absolute Gasteiger partial charge is 0.305 e. The van der Waals surface area contributed by atoms with Crippen molar-refractivity contribution in [2.45, 2.75) is 63.7 Å². The van der Waals surface area contributed by atoms with E-state index in [0.717, 1.165) is 5.56 Å². The fraction of sp³-hybridized carbons (Fsp3) is 0.424. The number of methoxy groups -OCH3 is 1. The average Bonchev–Trinajstić information content (AvgIpc) is 3.59. The quantitative estimate of drug-likeness (QED) is 0.114. The van der Waals surface area contributed by atoms with E-state index in [9.17, 15) is 29.7 Å². The van der Waals surface area contributed by atoms with Gasteiger partial charge in [0.05, 0.1) is 31.0 Å². The van der Waals surface area contributed by atoms with Gasteiger partial charge in [0.2, 0.25) is 0 Å². The van der Waals surface area contributed by atoms with Crippen LogP contribution < -0.4 is 10.2 Å². The van der Waals surface area contributed by atoms with Gasteiger partial charge in [0.25, 0.3) is 11.8 Å². The second kappa shape index (κ2) is 15.1. The fourth-order valence-electron chi connectivity index (χ4n) is 5.42. The van der Waals surface area contributed by atoms with E-state index in [0.29, 0.717) is 48.4 Å². The molecule has 0 spiro atoms. The molecule has 240 valence electrons. The van der Waals surface area contributed by atoms with E-state index in [1.54, 1.807) is 42.1 Å². The van der Waals surface area contributed by atoms with E-state index < -0.39 is 29.4 Å². The zero-order valence-electron chi connectivity index (χ0n) is 25.8. The van der Waals surface area contributed by atoms with Crippen molar-refractivity contribution in [1.29, 1.82) is 0 Å². The van der Waals surface area contributed by atoms with Crippen LogP contribution in [-0.4, -0.2) is 74.5 Å². The van der Waals surface area contributed by atoms with Gasteiger partial charge in [-0.1, -0.05) is 54.6 Å². The molecule has 2 heterocycles. The van der Waals surface area contributed by atoms with Gasteiger partial charge in [0.15, 0.2) is 5.60 Å². The second-order valence-electron chi connectivity index (χ2n) is 11.2. The summed E-state index contributed by atoms with van der Waals surface area (Å²) in [7, 11) is 1.33. The summed E-state index contributed by atoms with van der Waals surface area (Å²) >= 11 is 0. The number of nitrogens with zero attached hydrogens (tertiary/aromatic N) is 4. The summed E-state index contributed by atoms with van der Waals surface area (Å²) in [5.41, 5.74) is 0.897. The number of aliphatic hydroxyl groups is 3. The molecule has 12 nitrogen and oxygen atoms in total. The molecule has 12 heteroatoms. The lowest BCUT2D eigenvalue weighted by molar-refractivity contribution is -0.140. The van der Waals surface area contributed by atoms with Crippen molar-refractivity contribution in [3.8, 4) is 0 Å². The molecule has 0 aliphatic carbocycles. The first-order chi connectivity index (χ1) is 21.6. The lowest BCUT2D eigenvalue weighted by Crippen LogP contribution is -2.44. The van der Waals surface area contributed by atoms with Crippen LogP contribution in [0.25, 0.3) is 0 Å². The Hall–Kier alpha value is -4.39. The van der Waals surface area contributed by atoms with Crippen LogP contribution in [0, 0.1) is 5.92 Å². The standard InChI is InChI=1S/C33H41N5O7/c1-22(11-7-9-17-37-20-28(35-36-37)26(21-39)24-12-5-4-6-13-24)33(44)27-19-25(34-31(42)23(2)40)15-16-29(27)38(32(33)43)18-10-8-14-30(41)45-3/h4-7,11-13,15-16,19-20,22-23,26,39-40,44H,8-10,14,17-18,21H2,1-3H3,(H,34,42)/b11-7+/t22-,23-,26?,33+/m0/s1. The molecule has 0 bridgehead atoms. The van der Waals surface area contributed by atoms with E-state index in [2.05, 4.69) is 15.6 Å². The predicted molar refractivity (Wildman–Crippen MR) is 167 cm³/mol. The van der Waals surface area contributed by atoms with Crippen LogP contribution in [0.4, 0.5) is 11.4 Å². The van der Waals surface area contributed by atoms with E-state index >= 15 is 0 Å². The molecule has 0 saturated heterocycles. The van der Waals surface area contributed by atoms with Crippen LogP contribution >= 0.6 is 0 Å². The van der Waals surface area contributed by atoms with E-state index in [4.69, 9.17) is 4.74 Å². The molecule has 2 amide bonds. The predicted octanol–water partition coefficient (Wildman–Crippen LogP) is 2.88. The van der Waals surface area contributed by atoms with Crippen molar-refractivity contribution in [3.63, 3.8) is 0 Å². The monoisotopic (exact) mass is 619 g/mol. The van der Waals surface area contributed by atoms with Gasteiger partial charge in [-0.25, -0.2) is 0 Å². The number of benzene rings is 2. The Kier molecular flexibility index (Phi) is 11.2. The number of unbranched alkanes of at least 4 members (excludes halogenated alkanes) is 1. The minimum atomic E-state index is -1.91. The summed E-state index contributed by atoms with van der Waals surface area (Å²) < 4.78 is 6.39. The SMILES string of the molecule is COC(=O)CCCCN1C(=O)[C@@](O)([C@@H](C)/C=C/CCn2cc(C(CO)c3ccccc3)nn2)c2cc(NC(=O)[C@H](C)O)ccc21. The zero-order valence-corrected chi connectivity index (χ0v) is 25.8. The topological polar surface area (TPSA) is 167 Å². The minimum Gasteiger partial charge on any atom is -0.469 e. The maximum atomic E-state index is 13.8. The highest BCUT2D eigenvalue weighted by Gasteiger charge is 2.52. The molecular weight excluding hydrogens is 578 g/mol. The van der Waals surface area contributed by atoms with Crippen molar-refractivity contribution < 1.29 is 34.4 Å². The van der Waals surface area contributed by atoms with Crippen molar-refractivity contribution in [1.82, 2.24) is 15.0 Å². The Morgan fingerprint density at radius 1 is 1.11 bits per heavy atom. The number of carbonyl (C=O) groups is 3. The summed E-state index contributed by atoms with van der Waals surface area (Å²) in [6.07, 6.45) is 6.01. The maximum absolute atomic E-state index is 13.8. The fourth-order valence-corrected chi connectivity index (χ4v) is 5.42. The molecule has 4 atom stereocenters. The first kappa shape index (κ1) is 33.5. The van der Waals surface area contributed by atoms with Gasteiger partial charge >= 0.3 is 5.97 Å². The van der Waals surface area contributed by atoms with Gasteiger partial charge in [-0.2, -0.15) is 0 Å². The van der Waals surface area contributed by atoms with Crippen molar-refractivity contribution in [3.05, 3.63) is 83.7 Å². The van der Waals surface area contributed by atoms with E-state index in [1.165, 1.54) is 18.9 Å². The summed E-state index contributed by atoms with van der Waals surface area (Å²) in [5.74, 6) is -2.36. The Morgan fingerprint density at radius 2 is 1.87 bits per heavy atom. The minimum absolute atomic E-state index is 0.0963. The molecule has 1 unspecified atom stereocenters. The Bertz CT molecular complexity index is 1510. The number of esters is 1. The van der Waals surface area contributed by atoms with Crippen LogP contribution in [-0.2, 0) is 31.3 Å². The summed E-state index contributed by atoms with van der Waals surface area (Å²) in [6, 6.07) is 14.4. The lowest BCUT2D eigenvalue weighted by atomic mass is 9.82. The number of rotatable bonds is 15. The Balaban J connectivity index is 1.48. The van der Waals surface area contributed by atoms with Gasteiger partial charge in [-0.15, -0.1) is 5.10 Å². The molecule has 1 aromatic heterocycles. The van der Waals surface area contributed by atoms with Gasteiger partial charge in [0.1, 0.15) is 6.10 Å². The molecule has 3 aromatic rings. The number of aryl methyl sites for hydroxylation is 1. The molecule has 0 radical (unpaired) electrons. The molecule has 4 N–H and O–H groups in total. The number of aliphatic hydroxyl groups excluding tert-OH is 2. The van der Waals surface area contributed by atoms with Gasteiger partial charge in [0, 0.05) is 42.9 Å². The Morgan fingerprint density at radius 3 is 2.56 bits per heavy atom. The first-order valence-electron chi connectivity index (χ1n) is 15.1. The van der Waals surface area contributed by atoms with E-state index in [1.807, 2.05) is 36.4 Å². The average molecular weight is 620 g/mol. The molecule has 45 heavy (non-hydrogen) atoms. The van der Waals surface area contributed by atoms with Crippen molar-refractivity contribution in [2.75, 3.05) is 30.5 Å². The Labute approximate surface area is 262 Å². The van der Waals surface area contributed by atoms with Crippen LogP contribution in [0.1, 0.15) is 62.3 Å². The number of fused-ring (bicyclic) bond motifs is 1. The van der Waals surface area contributed by atoms with Crippen LogP contribution in [0.15, 0.2) is 66.9 Å². The van der Waals surface area contributed by atoms with Crippen LogP contribution in [0.5, 0.6) is 0 Å². The lowest BCUT2D eigenvalue weighted by Gasteiger charge is -2.28. The number of ether oxygens (including phenoxy) is 1. The number of hydrogen-bond acceptors (Lipinski definition) is 9. The molecular formula is C33H41N5O7. The number of nitrogens with one attached hydrogen (secondary N) is 1. The molecule has 1 aliphatic heterocycles. The van der Waals surface area contributed by atoms with E-state index in [-0.39, 0.29) is 31.5 Å². The number of allylic oxidation sites excluding steroid dienone is 1. The number of anilines is 2. The summed E-state index contributed by atoms with van der Waals surface area (Å²) in [4.78, 5) is 39.0. The van der Waals surface area contributed by atoms with Crippen LogP contribution in [0.3, 0.4) is 0 Å². The van der Waals surface area contributed by atoms with Crippen LogP contribution in [0.2, 0.25) is 0 Å². The number of aromatic nitrogens is 3. The summed E-state index contributed by atoms with van der Waals surface area (Å²) in [5, 5.41) is 42.6. The van der Waals surface area contributed by atoms with Crippen molar-refractivity contribution in [2.24, 2.45) is 5.92 Å².